The molecule has 0 saturated heterocycles. The highest BCUT2D eigenvalue weighted by atomic mass is 32.1. The summed E-state index contributed by atoms with van der Waals surface area (Å²) in [7, 11) is 0. The van der Waals surface area contributed by atoms with Crippen LogP contribution < -0.4 is 10.1 Å². The first-order valence-electron chi connectivity index (χ1n) is 6.09. The van der Waals surface area contributed by atoms with Crippen LogP contribution in [0.1, 0.15) is 22.5 Å². The molecule has 2 aromatic rings. The molecule has 1 heterocycles. The molecule has 0 fully saturated rings. The van der Waals surface area contributed by atoms with Crippen LogP contribution in [0.3, 0.4) is 0 Å². The molecule has 1 aromatic heterocycles. The summed E-state index contributed by atoms with van der Waals surface area (Å²) in [5.41, 5.74) is 2.14. The number of para-hydroxylation sites is 2. The zero-order valence-corrected chi connectivity index (χ0v) is 11.8. The van der Waals surface area contributed by atoms with Gasteiger partial charge in [0.05, 0.1) is 29.5 Å². The van der Waals surface area contributed by atoms with E-state index >= 15 is 0 Å². The van der Waals surface area contributed by atoms with Crippen LogP contribution in [0, 0.1) is 13.8 Å². The van der Waals surface area contributed by atoms with Gasteiger partial charge in [-0.3, -0.25) is 0 Å². The highest BCUT2D eigenvalue weighted by molar-refractivity contribution is 7.11. The predicted molar refractivity (Wildman–Crippen MR) is 76.5 cm³/mol. The number of hydrogen-bond donors (Lipinski definition) is 1. The standard InChI is InChI=1S/C14H18N2OS/c1-4-17-13-8-6-5-7-12(13)15-9-14-10(2)16-11(3)18-14/h5-8,15H,4,9H2,1-3H3. The van der Waals surface area contributed by atoms with Gasteiger partial charge in [-0.05, 0) is 32.9 Å². The third-order valence-corrected chi connectivity index (χ3v) is 3.70. The molecule has 3 nitrogen and oxygen atoms in total. The fraction of sp³-hybridized carbons (Fsp3) is 0.357. The first-order chi connectivity index (χ1) is 8.70. The first kappa shape index (κ1) is 12.9. The number of rotatable bonds is 5. The van der Waals surface area contributed by atoms with Gasteiger partial charge in [-0.15, -0.1) is 11.3 Å². The van der Waals surface area contributed by atoms with Crippen molar-refractivity contribution in [3.63, 3.8) is 0 Å². The molecule has 0 spiro atoms. The topological polar surface area (TPSA) is 34.1 Å². The van der Waals surface area contributed by atoms with E-state index in [2.05, 4.69) is 17.2 Å². The Morgan fingerprint density at radius 3 is 2.72 bits per heavy atom. The Bertz CT molecular complexity index is 522. The van der Waals surface area contributed by atoms with Gasteiger partial charge < -0.3 is 10.1 Å². The highest BCUT2D eigenvalue weighted by Crippen LogP contribution is 2.25. The molecular formula is C14H18N2OS. The lowest BCUT2D eigenvalue weighted by atomic mass is 10.3. The van der Waals surface area contributed by atoms with Crippen molar-refractivity contribution in [1.29, 1.82) is 0 Å². The summed E-state index contributed by atoms with van der Waals surface area (Å²) in [5.74, 6) is 0.902. The van der Waals surface area contributed by atoms with Crippen molar-refractivity contribution in [3.8, 4) is 5.75 Å². The number of nitrogens with one attached hydrogen (secondary N) is 1. The van der Waals surface area contributed by atoms with Crippen molar-refractivity contribution in [3.05, 3.63) is 39.8 Å². The molecular weight excluding hydrogens is 244 g/mol. The summed E-state index contributed by atoms with van der Waals surface area (Å²) in [6, 6.07) is 8.01. The second kappa shape index (κ2) is 5.87. The summed E-state index contributed by atoms with van der Waals surface area (Å²) < 4.78 is 5.59. The number of aryl methyl sites for hydroxylation is 2. The van der Waals surface area contributed by atoms with E-state index in [-0.39, 0.29) is 0 Å². The average molecular weight is 262 g/mol. The first-order valence-corrected chi connectivity index (χ1v) is 6.91. The minimum Gasteiger partial charge on any atom is -0.492 e. The van der Waals surface area contributed by atoms with Gasteiger partial charge in [0.2, 0.25) is 0 Å². The quantitative estimate of drug-likeness (QED) is 0.890. The van der Waals surface area contributed by atoms with Crippen molar-refractivity contribution < 1.29 is 4.74 Å². The number of ether oxygens (including phenoxy) is 1. The van der Waals surface area contributed by atoms with Gasteiger partial charge in [0, 0.05) is 4.88 Å². The molecule has 4 heteroatoms. The number of anilines is 1. The van der Waals surface area contributed by atoms with Crippen LogP contribution in [0.4, 0.5) is 5.69 Å². The number of nitrogens with zero attached hydrogens (tertiary/aromatic N) is 1. The Kier molecular flexibility index (Phi) is 4.20. The molecule has 0 aliphatic heterocycles. The molecule has 0 amide bonds. The Labute approximate surface area is 112 Å². The second-order valence-corrected chi connectivity index (χ2v) is 5.31. The van der Waals surface area contributed by atoms with Gasteiger partial charge in [-0.2, -0.15) is 0 Å². The van der Waals surface area contributed by atoms with Gasteiger partial charge in [0.25, 0.3) is 0 Å². The van der Waals surface area contributed by atoms with Crippen molar-refractivity contribution in [2.75, 3.05) is 11.9 Å². The van der Waals surface area contributed by atoms with Crippen LogP contribution in [0.2, 0.25) is 0 Å². The fourth-order valence-electron chi connectivity index (χ4n) is 1.81. The van der Waals surface area contributed by atoms with Gasteiger partial charge in [-0.25, -0.2) is 4.98 Å². The predicted octanol–water partition coefficient (Wildman–Crippen LogP) is 3.77. The largest absolute Gasteiger partial charge is 0.492 e. The van der Waals surface area contributed by atoms with E-state index in [4.69, 9.17) is 4.74 Å². The monoisotopic (exact) mass is 262 g/mol. The van der Waals surface area contributed by atoms with Crippen molar-refractivity contribution >= 4 is 17.0 Å². The fourth-order valence-corrected chi connectivity index (χ4v) is 2.68. The lowest BCUT2D eigenvalue weighted by Crippen LogP contribution is -2.02. The second-order valence-electron chi connectivity index (χ2n) is 4.02. The van der Waals surface area contributed by atoms with E-state index in [0.29, 0.717) is 6.61 Å². The minimum absolute atomic E-state index is 0.678. The van der Waals surface area contributed by atoms with E-state index in [1.54, 1.807) is 11.3 Å². The van der Waals surface area contributed by atoms with Crippen molar-refractivity contribution in [1.82, 2.24) is 4.98 Å². The number of benzene rings is 1. The number of thiazole rings is 1. The van der Waals surface area contributed by atoms with Crippen molar-refractivity contribution in [2.45, 2.75) is 27.3 Å². The van der Waals surface area contributed by atoms with Gasteiger partial charge in [-0.1, -0.05) is 12.1 Å². The molecule has 0 aliphatic rings. The average Bonchev–Trinajstić information content (AvgIpc) is 2.67. The van der Waals surface area contributed by atoms with Gasteiger partial charge in [0.1, 0.15) is 5.75 Å². The van der Waals surface area contributed by atoms with Gasteiger partial charge >= 0.3 is 0 Å². The van der Waals surface area contributed by atoms with Crippen molar-refractivity contribution in [2.24, 2.45) is 0 Å². The molecule has 1 aromatic carbocycles. The van der Waals surface area contributed by atoms with E-state index in [0.717, 1.165) is 28.7 Å². The van der Waals surface area contributed by atoms with Crippen LogP contribution >= 0.6 is 11.3 Å². The van der Waals surface area contributed by atoms with E-state index < -0.39 is 0 Å². The molecule has 1 N–H and O–H groups in total. The molecule has 2 rings (SSSR count). The molecule has 96 valence electrons. The number of aromatic nitrogens is 1. The van der Waals surface area contributed by atoms with Crippen LogP contribution in [-0.4, -0.2) is 11.6 Å². The van der Waals surface area contributed by atoms with Crippen LogP contribution in [-0.2, 0) is 6.54 Å². The smallest absolute Gasteiger partial charge is 0.142 e. The molecule has 0 aliphatic carbocycles. The highest BCUT2D eigenvalue weighted by Gasteiger charge is 2.06. The zero-order valence-electron chi connectivity index (χ0n) is 11.0. The Hall–Kier alpha value is -1.55. The van der Waals surface area contributed by atoms with E-state index in [1.165, 1.54) is 4.88 Å². The van der Waals surface area contributed by atoms with Gasteiger partial charge in [0.15, 0.2) is 0 Å². The molecule has 0 unspecified atom stereocenters. The molecule has 18 heavy (non-hydrogen) atoms. The van der Waals surface area contributed by atoms with E-state index in [9.17, 15) is 0 Å². The summed E-state index contributed by atoms with van der Waals surface area (Å²) in [6.45, 7) is 7.55. The lowest BCUT2D eigenvalue weighted by molar-refractivity contribution is 0.341. The molecule has 0 atom stereocenters. The van der Waals surface area contributed by atoms with Crippen LogP contribution in [0.15, 0.2) is 24.3 Å². The minimum atomic E-state index is 0.678. The summed E-state index contributed by atoms with van der Waals surface area (Å²) in [5, 5.41) is 4.53. The SMILES string of the molecule is CCOc1ccccc1NCc1sc(C)nc1C. The molecule has 0 saturated carbocycles. The van der Waals surface area contributed by atoms with Crippen LogP contribution in [0.25, 0.3) is 0 Å². The number of hydrogen-bond acceptors (Lipinski definition) is 4. The Morgan fingerprint density at radius 2 is 2.06 bits per heavy atom. The molecule has 0 bridgehead atoms. The Morgan fingerprint density at radius 1 is 1.28 bits per heavy atom. The zero-order chi connectivity index (χ0) is 13.0. The lowest BCUT2D eigenvalue weighted by Gasteiger charge is -2.11. The third kappa shape index (κ3) is 3.01. The summed E-state index contributed by atoms with van der Waals surface area (Å²) >= 11 is 1.74. The maximum absolute atomic E-state index is 5.59. The maximum Gasteiger partial charge on any atom is 0.142 e. The normalized spacial score (nSPS) is 10.4. The molecule has 0 radical (unpaired) electrons. The Balaban J connectivity index is 2.08. The third-order valence-electron chi connectivity index (χ3n) is 2.63. The summed E-state index contributed by atoms with van der Waals surface area (Å²) in [6.07, 6.45) is 0. The van der Waals surface area contributed by atoms with Crippen LogP contribution in [0.5, 0.6) is 5.75 Å². The van der Waals surface area contributed by atoms with E-state index in [1.807, 2.05) is 38.1 Å². The summed E-state index contributed by atoms with van der Waals surface area (Å²) in [4.78, 5) is 5.71. The maximum atomic E-state index is 5.59.